The highest BCUT2D eigenvalue weighted by atomic mass is 19.4. The molecule has 0 N–H and O–H groups in total. The molecule has 0 radical (unpaired) electrons. The lowest BCUT2D eigenvalue weighted by Gasteiger charge is -2.46. The highest BCUT2D eigenvalue weighted by Crippen LogP contribution is 2.59. The maximum atomic E-state index is 14.8. The topological polar surface area (TPSA) is 32.3 Å². The van der Waals surface area contributed by atoms with Crippen LogP contribution in [0.15, 0.2) is 73.4 Å². The molecule has 0 amide bonds. The Morgan fingerprint density at radius 2 is 1.46 bits per heavy atom. The van der Waals surface area contributed by atoms with Crippen LogP contribution in [0.1, 0.15) is 51.8 Å². The molecule has 3 atom stereocenters. The molecular formula is C30H31F5N4. The summed E-state index contributed by atoms with van der Waals surface area (Å²) in [7, 11) is 0. The Morgan fingerprint density at radius 1 is 0.846 bits per heavy atom. The van der Waals surface area contributed by atoms with Crippen LogP contribution in [-0.4, -0.2) is 28.2 Å². The molecule has 1 aromatic heterocycles. The molecule has 3 heterocycles. The summed E-state index contributed by atoms with van der Waals surface area (Å²) in [6, 6.07) is 17.5. The summed E-state index contributed by atoms with van der Waals surface area (Å²) < 4.78 is 70.3. The number of anilines is 4. The zero-order chi connectivity index (χ0) is 28.5. The molecule has 0 fully saturated rings. The third kappa shape index (κ3) is 3.68. The second-order valence-electron chi connectivity index (χ2n) is 11.4. The van der Waals surface area contributed by atoms with Gasteiger partial charge in [-0.1, -0.05) is 77.1 Å². The Kier molecular flexibility index (Phi) is 6.09. The fourth-order valence-electron chi connectivity index (χ4n) is 5.83. The predicted molar refractivity (Wildman–Crippen MR) is 143 cm³/mol. The van der Waals surface area contributed by atoms with E-state index >= 15 is 0 Å². The maximum Gasteiger partial charge on any atom is 0.453 e. The maximum absolute atomic E-state index is 14.8. The molecule has 206 valence electrons. The van der Waals surface area contributed by atoms with E-state index in [2.05, 4.69) is 18.4 Å². The number of fused-ring (bicyclic) bond motifs is 5. The van der Waals surface area contributed by atoms with Crippen LogP contribution >= 0.6 is 0 Å². The van der Waals surface area contributed by atoms with Crippen molar-refractivity contribution in [3.8, 4) is 0 Å². The van der Waals surface area contributed by atoms with Crippen LogP contribution in [0.5, 0.6) is 0 Å². The first kappa shape index (κ1) is 27.1. The van der Waals surface area contributed by atoms with Gasteiger partial charge in [-0.25, -0.2) is 9.97 Å². The molecule has 3 unspecified atom stereocenters. The minimum Gasteiger partial charge on any atom is -0.302 e. The summed E-state index contributed by atoms with van der Waals surface area (Å²) in [6.07, 6.45) is -2.73. The summed E-state index contributed by atoms with van der Waals surface area (Å²) in [6.45, 7) is 10.8. The molecular weight excluding hydrogens is 511 g/mol. The summed E-state index contributed by atoms with van der Waals surface area (Å²) in [5.74, 6) is -4.01. The van der Waals surface area contributed by atoms with Gasteiger partial charge in [0.15, 0.2) is 11.6 Å². The Morgan fingerprint density at radius 3 is 2.08 bits per heavy atom. The largest absolute Gasteiger partial charge is 0.453 e. The molecule has 0 saturated heterocycles. The van der Waals surface area contributed by atoms with Crippen molar-refractivity contribution >= 4 is 23.0 Å². The molecule has 0 spiro atoms. The van der Waals surface area contributed by atoms with E-state index in [9.17, 15) is 22.0 Å². The minimum atomic E-state index is -5.71. The number of para-hydroxylation sites is 2. The van der Waals surface area contributed by atoms with Gasteiger partial charge >= 0.3 is 12.1 Å². The van der Waals surface area contributed by atoms with E-state index in [1.54, 1.807) is 0 Å². The average molecular weight is 543 g/mol. The van der Waals surface area contributed by atoms with Crippen LogP contribution in [0.4, 0.5) is 45.0 Å². The lowest BCUT2D eigenvalue weighted by atomic mass is 9.62. The van der Waals surface area contributed by atoms with Gasteiger partial charge < -0.3 is 9.80 Å². The fraction of sp³-hybridized carbons (Fsp3) is 0.400. The van der Waals surface area contributed by atoms with E-state index in [-0.39, 0.29) is 23.7 Å². The van der Waals surface area contributed by atoms with Crippen molar-refractivity contribution in [2.45, 2.75) is 64.2 Å². The van der Waals surface area contributed by atoms with E-state index < -0.39 is 22.9 Å². The van der Waals surface area contributed by atoms with Crippen LogP contribution in [0.25, 0.3) is 0 Å². The zero-order valence-corrected chi connectivity index (χ0v) is 22.5. The number of allylic oxidation sites excluding steroid dienone is 1. The fourth-order valence-corrected chi connectivity index (χ4v) is 5.83. The second-order valence-corrected chi connectivity index (χ2v) is 11.4. The Labute approximate surface area is 225 Å². The Hall–Kier alpha value is -3.49. The van der Waals surface area contributed by atoms with Crippen LogP contribution in [0.3, 0.4) is 0 Å². The standard InChI is InChI=1S/C30H31F5N4/c1-7-20-18(2)26-38(19-13-9-8-10-14-19)24-25(39(26)22-16-12-11-15-21(20)22)37-23(17-36-24)27(3,4)28(5,6)29(31,32)30(33,34)35/h7-18,20,26H,1H2,2-6H3. The number of halogens is 5. The van der Waals surface area contributed by atoms with E-state index in [1.165, 1.54) is 20.0 Å². The summed E-state index contributed by atoms with van der Waals surface area (Å²) >= 11 is 0. The summed E-state index contributed by atoms with van der Waals surface area (Å²) in [5.41, 5.74) is -1.40. The van der Waals surface area contributed by atoms with Crippen LogP contribution in [-0.2, 0) is 5.41 Å². The third-order valence-electron chi connectivity index (χ3n) is 8.95. The predicted octanol–water partition coefficient (Wildman–Crippen LogP) is 8.51. The van der Waals surface area contributed by atoms with Gasteiger partial charge in [-0.2, -0.15) is 22.0 Å². The number of nitrogens with zero attached hydrogens (tertiary/aromatic N) is 4. The molecule has 0 saturated carbocycles. The number of hydrogen-bond donors (Lipinski definition) is 0. The van der Waals surface area contributed by atoms with Gasteiger partial charge in [0.25, 0.3) is 0 Å². The lowest BCUT2D eigenvalue weighted by molar-refractivity contribution is -0.330. The van der Waals surface area contributed by atoms with Gasteiger partial charge in [0.2, 0.25) is 0 Å². The molecule has 2 aliphatic heterocycles. The average Bonchev–Trinajstić information content (AvgIpc) is 3.24. The minimum absolute atomic E-state index is 0.0103. The number of alkyl halides is 5. The lowest BCUT2D eigenvalue weighted by Crippen LogP contribution is -2.57. The second kappa shape index (κ2) is 8.76. The van der Waals surface area contributed by atoms with Gasteiger partial charge in [0, 0.05) is 34.0 Å². The molecule has 9 heteroatoms. The number of aromatic nitrogens is 2. The molecule has 2 aromatic carbocycles. The first-order valence-corrected chi connectivity index (χ1v) is 12.8. The first-order valence-electron chi connectivity index (χ1n) is 12.8. The van der Waals surface area contributed by atoms with Crippen molar-refractivity contribution in [3.63, 3.8) is 0 Å². The van der Waals surface area contributed by atoms with E-state index in [0.717, 1.165) is 30.8 Å². The quantitative estimate of drug-likeness (QED) is 0.239. The normalized spacial score (nSPS) is 21.3. The van der Waals surface area contributed by atoms with E-state index in [0.29, 0.717) is 11.6 Å². The van der Waals surface area contributed by atoms with Gasteiger partial charge in [-0.15, -0.1) is 6.58 Å². The smallest absolute Gasteiger partial charge is 0.302 e. The van der Waals surface area contributed by atoms with Crippen LogP contribution in [0, 0.1) is 11.3 Å². The number of benzene rings is 2. The van der Waals surface area contributed by atoms with Crippen molar-refractivity contribution < 1.29 is 22.0 Å². The van der Waals surface area contributed by atoms with Gasteiger partial charge in [-0.3, -0.25) is 0 Å². The summed E-state index contributed by atoms with van der Waals surface area (Å²) in [4.78, 5) is 13.6. The monoisotopic (exact) mass is 542 g/mol. The van der Waals surface area contributed by atoms with E-state index in [4.69, 9.17) is 9.97 Å². The highest BCUT2D eigenvalue weighted by Gasteiger charge is 2.70. The Balaban J connectivity index is 1.73. The zero-order valence-electron chi connectivity index (χ0n) is 22.5. The van der Waals surface area contributed by atoms with Gasteiger partial charge in [0.05, 0.1) is 11.9 Å². The number of hydrogen-bond acceptors (Lipinski definition) is 4. The first-order chi connectivity index (χ1) is 18.2. The van der Waals surface area contributed by atoms with Gasteiger partial charge in [0.1, 0.15) is 6.17 Å². The van der Waals surface area contributed by atoms with Crippen molar-refractivity contribution in [3.05, 3.63) is 84.7 Å². The highest BCUT2D eigenvalue weighted by molar-refractivity contribution is 5.86. The van der Waals surface area contributed by atoms with Gasteiger partial charge in [-0.05, 0) is 23.8 Å². The Bertz CT molecular complexity index is 1400. The van der Waals surface area contributed by atoms with Crippen molar-refractivity contribution in [2.24, 2.45) is 11.3 Å². The molecule has 3 aromatic rings. The van der Waals surface area contributed by atoms with Crippen molar-refractivity contribution in [2.75, 3.05) is 9.80 Å². The third-order valence-corrected chi connectivity index (χ3v) is 8.95. The molecule has 2 aliphatic rings. The van der Waals surface area contributed by atoms with Crippen molar-refractivity contribution in [1.29, 1.82) is 0 Å². The van der Waals surface area contributed by atoms with Crippen LogP contribution in [0.2, 0.25) is 0 Å². The molecule has 0 bridgehead atoms. The molecule has 39 heavy (non-hydrogen) atoms. The van der Waals surface area contributed by atoms with Crippen molar-refractivity contribution in [1.82, 2.24) is 9.97 Å². The molecule has 4 nitrogen and oxygen atoms in total. The molecule has 5 rings (SSSR count). The molecule has 0 aliphatic carbocycles. The number of rotatable bonds is 5. The van der Waals surface area contributed by atoms with E-state index in [1.807, 2.05) is 65.6 Å². The van der Waals surface area contributed by atoms with Crippen LogP contribution < -0.4 is 9.80 Å². The SMILES string of the molecule is C=CC1c2ccccc2N2c3nc(C(C)(C)C(C)(C)C(F)(F)C(F)(F)F)cnc3N(c3ccccc3)C2C1C. The summed E-state index contributed by atoms with van der Waals surface area (Å²) in [5, 5.41) is 0.